The molecule has 0 atom stereocenters. The lowest BCUT2D eigenvalue weighted by Gasteiger charge is -2.29. The highest BCUT2D eigenvalue weighted by Crippen LogP contribution is 2.21. The number of aromatic nitrogens is 3. The summed E-state index contributed by atoms with van der Waals surface area (Å²) < 4.78 is 7.74. The van der Waals surface area contributed by atoms with Gasteiger partial charge in [-0.3, -0.25) is 9.48 Å². The molecule has 0 aliphatic heterocycles. The van der Waals surface area contributed by atoms with Gasteiger partial charge in [-0.25, -0.2) is 0 Å². The molecule has 0 unspecified atom stereocenters. The quantitative estimate of drug-likeness (QED) is 0.635. The van der Waals surface area contributed by atoms with Gasteiger partial charge in [-0.2, -0.15) is 0 Å². The Balaban J connectivity index is 0.00000326. The summed E-state index contributed by atoms with van der Waals surface area (Å²) in [6.45, 7) is 18.1. The van der Waals surface area contributed by atoms with E-state index in [0.717, 1.165) is 12.2 Å². The van der Waals surface area contributed by atoms with Gasteiger partial charge in [0, 0.05) is 43.0 Å². The minimum Gasteiger partial charge on any atom is -0.380 e. The zero-order chi connectivity index (χ0) is 21.1. The van der Waals surface area contributed by atoms with Crippen molar-refractivity contribution in [1.82, 2.24) is 20.3 Å². The molecule has 7 heteroatoms. The van der Waals surface area contributed by atoms with E-state index in [1.807, 2.05) is 45.5 Å². The third kappa shape index (κ3) is 12.3. The zero-order valence-electron chi connectivity index (χ0n) is 18.4. The molecular formula is C20H38N4O3. The van der Waals surface area contributed by atoms with E-state index >= 15 is 0 Å². The van der Waals surface area contributed by atoms with Gasteiger partial charge in [0.25, 0.3) is 0 Å². The van der Waals surface area contributed by atoms with E-state index in [2.05, 4.69) is 29.5 Å². The number of ether oxygens (including phenoxy) is 1. The van der Waals surface area contributed by atoms with E-state index in [4.69, 9.17) is 4.74 Å². The minimum absolute atomic E-state index is 0.0301. The molecular weight excluding hydrogens is 344 g/mol. The van der Waals surface area contributed by atoms with Crippen LogP contribution >= 0.6 is 0 Å². The summed E-state index contributed by atoms with van der Waals surface area (Å²) in [5, 5.41) is 10.9. The lowest BCUT2D eigenvalue weighted by atomic mass is 9.93. The van der Waals surface area contributed by atoms with Gasteiger partial charge in [0.2, 0.25) is 5.91 Å². The fraction of sp³-hybridized carbons (Fsp3) is 0.800. The average molecular weight is 383 g/mol. The highest BCUT2D eigenvalue weighted by Gasteiger charge is 2.24. The van der Waals surface area contributed by atoms with E-state index in [-0.39, 0.29) is 28.9 Å². The van der Waals surface area contributed by atoms with E-state index in [0.29, 0.717) is 26.2 Å². The number of amides is 1. The van der Waals surface area contributed by atoms with Gasteiger partial charge in [0.05, 0.1) is 18.9 Å². The van der Waals surface area contributed by atoms with Gasteiger partial charge < -0.3 is 14.8 Å². The highest BCUT2D eigenvalue weighted by atomic mass is 16.5. The summed E-state index contributed by atoms with van der Waals surface area (Å²) in [5.74, 6) is -0.0623. The Morgan fingerprint density at radius 3 is 2.22 bits per heavy atom. The van der Waals surface area contributed by atoms with Gasteiger partial charge in [-0.05, 0) is 13.8 Å². The Labute approximate surface area is 164 Å². The van der Waals surface area contributed by atoms with E-state index in [1.54, 1.807) is 0 Å². The summed E-state index contributed by atoms with van der Waals surface area (Å²) in [5.41, 5.74) is 0.658. The molecule has 0 saturated heterocycles. The predicted molar refractivity (Wildman–Crippen MR) is 107 cm³/mol. The molecule has 1 amide bonds. The summed E-state index contributed by atoms with van der Waals surface area (Å²) in [7, 11) is 0. The van der Waals surface area contributed by atoms with Crippen molar-refractivity contribution < 1.29 is 14.3 Å². The number of ketones is 1. The van der Waals surface area contributed by atoms with Gasteiger partial charge in [0.15, 0.2) is 0 Å². The highest BCUT2D eigenvalue weighted by molar-refractivity contribution is 5.83. The molecule has 1 heterocycles. The SMILES string of the molecule is CC.CC(=O)CCC(=O)NCC(C)(C)COCC(C)(C)Cn1cc(C)nn1. The largest absolute Gasteiger partial charge is 0.380 e. The van der Waals surface area contributed by atoms with Gasteiger partial charge in [0.1, 0.15) is 5.78 Å². The molecule has 7 nitrogen and oxygen atoms in total. The van der Waals surface area contributed by atoms with Gasteiger partial charge in [-0.15, -0.1) is 5.10 Å². The zero-order valence-corrected chi connectivity index (χ0v) is 18.4. The number of nitrogens with zero attached hydrogens (tertiary/aromatic N) is 3. The average Bonchev–Trinajstić information content (AvgIpc) is 2.96. The second-order valence-electron chi connectivity index (χ2n) is 8.36. The van der Waals surface area contributed by atoms with Crippen LogP contribution in [0.1, 0.15) is 67.0 Å². The fourth-order valence-electron chi connectivity index (χ4n) is 2.33. The molecule has 0 aromatic carbocycles. The molecule has 0 aliphatic carbocycles. The Morgan fingerprint density at radius 1 is 1.11 bits per heavy atom. The van der Waals surface area contributed by atoms with Crippen LogP contribution in [-0.4, -0.2) is 46.4 Å². The maximum Gasteiger partial charge on any atom is 0.220 e. The van der Waals surface area contributed by atoms with Crippen LogP contribution in [0.25, 0.3) is 0 Å². The summed E-state index contributed by atoms with van der Waals surface area (Å²) in [4.78, 5) is 22.6. The van der Waals surface area contributed by atoms with Crippen molar-refractivity contribution in [3.8, 4) is 0 Å². The number of rotatable bonds is 11. The fourth-order valence-corrected chi connectivity index (χ4v) is 2.33. The maximum absolute atomic E-state index is 11.7. The topological polar surface area (TPSA) is 86.1 Å². The van der Waals surface area contributed by atoms with Crippen LogP contribution in [-0.2, 0) is 20.9 Å². The van der Waals surface area contributed by atoms with Crippen molar-refractivity contribution in [2.24, 2.45) is 10.8 Å². The third-order valence-corrected chi connectivity index (χ3v) is 3.70. The van der Waals surface area contributed by atoms with Crippen LogP contribution < -0.4 is 5.32 Å². The Kier molecular flexibility index (Phi) is 11.1. The molecule has 156 valence electrons. The van der Waals surface area contributed by atoms with E-state index in [9.17, 15) is 9.59 Å². The number of Topliss-reactive ketones (excluding diaryl/α,β-unsaturated/α-hetero) is 1. The molecule has 0 fully saturated rings. The van der Waals surface area contributed by atoms with Crippen LogP contribution in [0.5, 0.6) is 0 Å². The number of aryl methyl sites for hydroxylation is 1. The Hall–Kier alpha value is -1.76. The van der Waals surface area contributed by atoms with Crippen molar-refractivity contribution in [2.45, 2.75) is 74.8 Å². The second-order valence-corrected chi connectivity index (χ2v) is 8.36. The summed E-state index contributed by atoms with van der Waals surface area (Å²) in [6.07, 6.45) is 2.46. The third-order valence-electron chi connectivity index (χ3n) is 3.70. The first kappa shape index (κ1) is 25.2. The molecule has 1 N–H and O–H groups in total. The first-order valence-corrected chi connectivity index (χ1v) is 9.70. The number of carbonyl (C=O) groups excluding carboxylic acids is 2. The number of nitrogens with one attached hydrogen (secondary N) is 1. The minimum atomic E-state index is -0.175. The molecule has 1 aromatic rings. The van der Waals surface area contributed by atoms with Crippen LogP contribution in [0.15, 0.2) is 6.20 Å². The standard InChI is InChI=1S/C18H32N4O3.C2H6/c1-14-9-22(21-20-14)11-18(5,6)13-25-12-17(3,4)10-19-16(24)8-7-15(2)23;1-2/h9H,7-8,10-13H2,1-6H3,(H,19,24);1-2H3. The van der Waals surface area contributed by atoms with Crippen LogP contribution in [0.2, 0.25) is 0 Å². The van der Waals surface area contributed by atoms with E-state index in [1.165, 1.54) is 6.92 Å². The molecule has 0 aliphatic rings. The molecule has 1 aromatic heterocycles. The van der Waals surface area contributed by atoms with E-state index < -0.39 is 0 Å². The molecule has 1 rings (SSSR count). The van der Waals surface area contributed by atoms with Crippen molar-refractivity contribution in [2.75, 3.05) is 19.8 Å². The summed E-state index contributed by atoms with van der Waals surface area (Å²) in [6, 6.07) is 0. The van der Waals surface area contributed by atoms with Crippen LogP contribution in [0, 0.1) is 17.8 Å². The molecule has 0 saturated carbocycles. The number of hydrogen-bond donors (Lipinski definition) is 1. The molecule has 27 heavy (non-hydrogen) atoms. The maximum atomic E-state index is 11.7. The Morgan fingerprint density at radius 2 is 1.70 bits per heavy atom. The number of carbonyl (C=O) groups is 2. The second kappa shape index (κ2) is 11.8. The lowest BCUT2D eigenvalue weighted by molar-refractivity contribution is -0.125. The van der Waals surface area contributed by atoms with Crippen molar-refractivity contribution in [3.63, 3.8) is 0 Å². The first-order chi connectivity index (χ1) is 12.5. The van der Waals surface area contributed by atoms with Crippen LogP contribution in [0.3, 0.4) is 0 Å². The molecule has 0 bridgehead atoms. The Bertz CT molecular complexity index is 580. The van der Waals surface area contributed by atoms with Gasteiger partial charge >= 0.3 is 0 Å². The number of hydrogen-bond acceptors (Lipinski definition) is 5. The van der Waals surface area contributed by atoms with Crippen molar-refractivity contribution in [1.29, 1.82) is 0 Å². The summed E-state index contributed by atoms with van der Waals surface area (Å²) >= 11 is 0. The lowest BCUT2D eigenvalue weighted by Crippen LogP contribution is -2.38. The molecule has 0 radical (unpaired) electrons. The first-order valence-electron chi connectivity index (χ1n) is 9.70. The molecule has 0 spiro atoms. The van der Waals surface area contributed by atoms with Crippen molar-refractivity contribution >= 4 is 11.7 Å². The predicted octanol–water partition coefficient (Wildman–Crippen LogP) is 3.17. The van der Waals surface area contributed by atoms with Crippen molar-refractivity contribution in [3.05, 3.63) is 11.9 Å². The van der Waals surface area contributed by atoms with Gasteiger partial charge in [-0.1, -0.05) is 46.8 Å². The normalized spacial score (nSPS) is 11.6. The smallest absolute Gasteiger partial charge is 0.220 e. The van der Waals surface area contributed by atoms with Crippen LogP contribution in [0.4, 0.5) is 0 Å². The monoisotopic (exact) mass is 382 g/mol.